The van der Waals surface area contributed by atoms with E-state index in [0.717, 1.165) is 12.8 Å². The molecule has 2 atom stereocenters. The molecule has 0 aromatic rings. The molecule has 2 fully saturated rings. The highest BCUT2D eigenvalue weighted by atomic mass is 16.5. The number of nitrogens with one attached hydrogen (secondary N) is 1. The first-order valence-corrected chi connectivity index (χ1v) is 4.58. The fourth-order valence-electron chi connectivity index (χ4n) is 1.75. The molecular formula is C10H13NO3. The fraction of sp³-hybridized carbons (Fsp3) is 0.600. The van der Waals surface area contributed by atoms with E-state index in [1.807, 2.05) is 0 Å². The first-order chi connectivity index (χ1) is 6.75. The van der Waals surface area contributed by atoms with Gasteiger partial charge < -0.3 is 10.1 Å². The third kappa shape index (κ3) is 2.25. The Kier molecular flexibility index (Phi) is 3.52. The number of carbonyl (C=O) groups excluding carboxylic acids is 2. The summed E-state index contributed by atoms with van der Waals surface area (Å²) >= 11 is 0. The maximum Gasteiger partial charge on any atom is 0.306 e. The van der Waals surface area contributed by atoms with Crippen molar-refractivity contribution in [1.29, 1.82) is 0 Å². The van der Waals surface area contributed by atoms with Crippen LogP contribution in [0, 0.1) is 12.8 Å². The Morgan fingerprint density at radius 3 is 2.36 bits per heavy atom. The summed E-state index contributed by atoms with van der Waals surface area (Å²) in [4.78, 5) is 21.6. The zero-order valence-corrected chi connectivity index (χ0v) is 7.86. The summed E-state index contributed by atoms with van der Waals surface area (Å²) in [6.45, 7) is 0. The second-order valence-electron chi connectivity index (χ2n) is 3.28. The molecule has 2 rings (SSSR count). The lowest BCUT2D eigenvalue weighted by Crippen LogP contribution is -2.36. The maximum atomic E-state index is 10.8. The van der Waals surface area contributed by atoms with Gasteiger partial charge >= 0.3 is 5.97 Å². The van der Waals surface area contributed by atoms with Crippen LogP contribution in [-0.4, -0.2) is 24.0 Å². The molecule has 0 radical (unpaired) electrons. The van der Waals surface area contributed by atoms with E-state index in [0.29, 0.717) is 12.8 Å². The second kappa shape index (κ2) is 4.66. The van der Waals surface area contributed by atoms with Gasteiger partial charge in [0.15, 0.2) is 0 Å². The lowest BCUT2D eigenvalue weighted by atomic mass is 10.1. The summed E-state index contributed by atoms with van der Waals surface area (Å²) in [5.41, 5.74) is 0. The van der Waals surface area contributed by atoms with Gasteiger partial charge in [0.2, 0.25) is 5.91 Å². The lowest BCUT2D eigenvalue weighted by Gasteiger charge is -2.16. The first-order valence-electron chi connectivity index (χ1n) is 4.58. The molecule has 1 N–H and O–H groups in total. The molecule has 0 aliphatic carbocycles. The SMILES string of the molecule is C#C.O=C1CCC(C2CCC(=O)O2)N1. The lowest BCUT2D eigenvalue weighted by molar-refractivity contribution is -0.142. The Labute approximate surface area is 83.0 Å². The largest absolute Gasteiger partial charge is 0.460 e. The third-order valence-corrected chi connectivity index (χ3v) is 2.39. The molecule has 2 unspecified atom stereocenters. The third-order valence-electron chi connectivity index (χ3n) is 2.39. The summed E-state index contributed by atoms with van der Waals surface area (Å²) < 4.78 is 5.04. The smallest absolute Gasteiger partial charge is 0.306 e. The average Bonchev–Trinajstić information content (AvgIpc) is 2.78. The van der Waals surface area contributed by atoms with Gasteiger partial charge in [-0.2, -0.15) is 0 Å². The number of terminal acetylenes is 1. The van der Waals surface area contributed by atoms with Crippen LogP contribution in [0.4, 0.5) is 0 Å². The van der Waals surface area contributed by atoms with Gasteiger partial charge in [-0.1, -0.05) is 0 Å². The van der Waals surface area contributed by atoms with Crippen LogP contribution in [0.1, 0.15) is 25.7 Å². The Morgan fingerprint density at radius 1 is 1.21 bits per heavy atom. The van der Waals surface area contributed by atoms with Crippen LogP contribution in [-0.2, 0) is 14.3 Å². The summed E-state index contributed by atoms with van der Waals surface area (Å²) in [5, 5.41) is 2.80. The number of hydrogen-bond acceptors (Lipinski definition) is 3. The molecule has 0 bridgehead atoms. The summed E-state index contributed by atoms with van der Waals surface area (Å²) in [6, 6.07) is 0.0731. The Balaban J connectivity index is 0.000000461. The van der Waals surface area contributed by atoms with Crippen LogP contribution >= 0.6 is 0 Å². The van der Waals surface area contributed by atoms with Crippen molar-refractivity contribution >= 4 is 11.9 Å². The van der Waals surface area contributed by atoms with E-state index in [1.54, 1.807) is 0 Å². The highest BCUT2D eigenvalue weighted by Crippen LogP contribution is 2.22. The molecule has 14 heavy (non-hydrogen) atoms. The molecule has 2 aliphatic rings. The van der Waals surface area contributed by atoms with Gasteiger partial charge in [0, 0.05) is 12.8 Å². The highest BCUT2D eigenvalue weighted by Gasteiger charge is 2.34. The van der Waals surface area contributed by atoms with Crippen LogP contribution in [0.25, 0.3) is 0 Å². The molecule has 0 aromatic carbocycles. The molecule has 1 amide bonds. The average molecular weight is 195 g/mol. The van der Waals surface area contributed by atoms with Crippen molar-refractivity contribution < 1.29 is 14.3 Å². The maximum absolute atomic E-state index is 10.8. The van der Waals surface area contributed by atoms with Gasteiger partial charge in [0.1, 0.15) is 6.10 Å². The van der Waals surface area contributed by atoms with Gasteiger partial charge in [-0.3, -0.25) is 9.59 Å². The highest BCUT2D eigenvalue weighted by molar-refractivity contribution is 5.79. The minimum atomic E-state index is -0.138. The molecule has 0 aromatic heterocycles. The van der Waals surface area contributed by atoms with E-state index in [4.69, 9.17) is 4.74 Å². The molecule has 4 nitrogen and oxygen atoms in total. The van der Waals surface area contributed by atoms with Crippen LogP contribution in [0.5, 0.6) is 0 Å². The van der Waals surface area contributed by atoms with Crippen molar-refractivity contribution in [3.8, 4) is 12.8 Å². The predicted octanol–water partition coefficient (Wildman–Crippen LogP) is 0.220. The van der Waals surface area contributed by atoms with Crippen molar-refractivity contribution in [1.82, 2.24) is 5.32 Å². The van der Waals surface area contributed by atoms with Crippen molar-refractivity contribution in [3.63, 3.8) is 0 Å². The number of hydrogen-bond donors (Lipinski definition) is 1. The topological polar surface area (TPSA) is 55.4 Å². The van der Waals surface area contributed by atoms with Gasteiger partial charge in [-0.25, -0.2) is 0 Å². The number of ether oxygens (including phenoxy) is 1. The van der Waals surface area contributed by atoms with Crippen molar-refractivity contribution in [2.24, 2.45) is 0 Å². The first kappa shape index (κ1) is 10.6. The van der Waals surface area contributed by atoms with Crippen LogP contribution in [0.3, 0.4) is 0 Å². The Morgan fingerprint density at radius 2 is 1.93 bits per heavy atom. The van der Waals surface area contributed by atoms with E-state index in [9.17, 15) is 9.59 Å². The minimum absolute atomic E-state index is 0.0658. The number of rotatable bonds is 1. The summed E-state index contributed by atoms with van der Waals surface area (Å²) in [7, 11) is 0. The van der Waals surface area contributed by atoms with Gasteiger partial charge in [-0.05, 0) is 12.8 Å². The zero-order chi connectivity index (χ0) is 10.6. The normalized spacial score (nSPS) is 30.1. The van der Waals surface area contributed by atoms with E-state index in [1.165, 1.54) is 0 Å². The predicted molar refractivity (Wildman–Crippen MR) is 50.2 cm³/mol. The standard InChI is InChI=1S/C8H11NO3.C2H2/c10-7-3-1-5(9-7)6-2-4-8(11)12-6;1-2/h5-6H,1-4H2,(H,9,10);1-2H. The van der Waals surface area contributed by atoms with Gasteiger partial charge in [0.25, 0.3) is 0 Å². The summed E-state index contributed by atoms with van der Waals surface area (Å²) in [5.74, 6) is -0.0657. The van der Waals surface area contributed by atoms with Crippen LogP contribution < -0.4 is 5.32 Å². The minimum Gasteiger partial charge on any atom is -0.460 e. The molecule has 76 valence electrons. The Hall–Kier alpha value is -1.50. The molecule has 0 spiro atoms. The number of esters is 1. The molecule has 2 saturated heterocycles. The van der Waals surface area contributed by atoms with E-state index >= 15 is 0 Å². The number of carbonyl (C=O) groups is 2. The molecular weight excluding hydrogens is 182 g/mol. The zero-order valence-electron chi connectivity index (χ0n) is 7.86. The quantitative estimate of drug-likeness (QED) is 0.481. The summed E-state index contributed by atoms with van der Waals surface area (Å²) in [6.07, 6.45) is 10.6. The molecule has 2 aliphatic heterocycles. The van der Waals surface area contributed by atoms with E-state index < -0.39 is 0 Å². The second-order valence-corrected chi connectivity index (χ2v) is 3.28. The Bertz CT molecular complexity index is 235. The molecule has 4 heteroatoms. The van der Waals surface area contributed by atoms with Crippen molar-refractivity contribution in [2.75, 3.05) is 0 Å². The number of amides is 1. The molecule has 0 saturated carbocycles. The van der Waals surface area contributed by atoms with Crippen molar-refractivity contribution in [3.05, 3.63) is 0 Å². The van der Waals surface area contributed by atoms with E-state index in [-0.39, 0.29) is 24.0 Å². The van der Waals surface area contributed by atoms with E-state index in [2.05, 4.69) is 18.2 Å². The molecule has 2 heterocycles. The monoisotopic (exact) mass is 195 g/mol. The number of cyclic esters (lactones) is 1. The van der Waals surface area contributed by atoms with Gasteiger partial charge in [-0.15, -0.1) is 12.8 Å². The fourth-order valence-corrected chi connectivity index (χ4v) is 1.75. The van der Waals surface area contributed by atoms with Crippen LogP contribution in [0.2, 0.25) is 0 Å². The van der Waals surface area contributed by atoms with Crippen molar-refractivity contribution in [2.45, 2.75) is 37.8 Å². The van der Waals surface area contributed by atoms with Gasteiger partial charge in [0.05, 0.1) is 6.04 Å². The van der Waals surface area contributed by atoms with Crippen LogP contribution in [0.15, 0.2) is 0 Å².